The Hall–Kier alpha value is -1.51. The molecule has 0 aliphatic heterocycles. The number of carbonyl (C=O) groups is 1. The lowest BCUT2D eigenvalue weighted by Gasteiger charge is -2.11. The Morgan fingerprint density at radius 3 is 2.87 bits per heavy atom. The van der Waals surface area contributed by atoms with Crippen LogP contribution in [0.5, 0.6) is 5.75 Å². The van der Waals surface area contributed by atoms with Gasteiger partial charge in [0.25, 0.3) is 5.91 Å². The Kier molecular flexibility index (Phi) is 4.16. The average Bonchev–Trinajstić information content (AvgIpc) is 2.28. The number of hydrogen-bond acceptors (Lipinski definition) is 2. The van der Waals surface area contributed by atoms with Crippen molar-refractivity contribution in [2.45, 2.75) is 26.3 Å². The number of ether oxygens (including phenoxy) is 1. The van der Waals surface area contributed by atoms with Gasteiger partial charge in [-0.2, -0.15) is 0 Å². The number of carbonyl (C=O) groups excluding carboxylic acids is 1. The number of benzene rings is 1. The minimum absolute atomic E-state index is 0.0525. The maximum Gasteiger partial charge on any atom is 0.251 e. The van der Waals surface area contributed by atoms with Gasteiger partial charge in [0.15, 0.2) is 0 Å². The number of nitrogens with one attached hydrogen (secondary N) is 1. The molecular formula is C12H17NO2. The Morgan fingerprint density at radius 1 is 1.53 bits per heavy atom. The second-order valence-corrected chi connectivity index (χ2v) is 3.51. The minimum atomic E-state index is -0.0525. The maximum absolute atomic E-state index is 11.7. The van der Waals surface area contributed by atoms with Crippen molar-refractivity contribution < 1.29 is 9.53 Å². The van der Waals surface area contributed by atoms with E-state index in [1.165, 1.54) is 0 Å². The summed E-state index contributed by atoms with van der Waals surface area (Å²) in [5, 5.41) is 2.90. The Bertz CT molecular complexity index is 336. The molecule has 0 bridgehead atoms. The van der Waals surface area contributed by atoms with Crippen LogP contribution in [0.25, 0.3) is 0 Å². The van der Waals surface area contributed by atoms with Gasteiger partial charge in [-0.25, -0.2) is 0 Å². The first-order valence-electron chi connectivity index (χ1n) is 5.12. The highest BCUT2D eigenvalue weighted by Crippen LogP contribution is 2.12. The molecule has 82 valence electrons. The van der Waals surface area contributed by atoms with Gasteiger partial charge >= 0.3 is 0 Å². The molecule has 0 aliphatic rings. The van der Waals surface area contributed by atoms with Crippen molar-refractivity contribution in [1.82, 2.24) is 5.32 Å². The van der Waals surface area contributed by atoms with Gasteiger partial charge < -0.3 is 10.1 Å². The highest BCUT2D eigenvalue weighted by molar-refractivity contribution is 5.94. The van der Waals surface area contributed by atoms with Gasteiger partial charge in [-0.15, -0.1) is 0 Å². The normalized spacial score (nSPS) is 11.9. The quantitative estimate of drug-likeness (QED) is 0.822. The number of amides is 1. The molecule has 0 saturated heterocycles. The number of rotatable bonds is 4. The first-order chi connectivity index (χ1) is 7.17. The zero-order valence-electron chi connectivity index (χ0n) is 9.41. The van der Waals surface area contributed by atoms with Crippen LogP contribution in [0.2, 0.25) is 0 Å². The van der Waals surface area contributed by atoms with E-state index in [2.05, 4.69) is 5.32 Å². The van der Waals surface area contributed by atoms with Crippen molar-refractivity contribution in [2.24, 2.45) is 0 Å². The predicted molar refractivity (Wildman–Crippen MR) is 60.2 cm³/mol. The first kappa shape index (κ1) is 11.6. The lowest BCUT2D eigenvalue weighted by atomic mass is 10.2. The van der Waals surface area contributed by atoms with E-state index in [0.717, 1.165) is 6.42 Å². The van der Waals surface area contributed by atoms with Crippen LogP contribution < -0.4 is 10.1 Å². The summed E-state index contributed by atoms with van der Waals surface area (Å²) in [6.45, 7) is 4.02. The summed E-state index contributed by atoms with van der Waals surface area (Å²) in [5.41, 5.74) is 0.634. The lowest BCUT2D eigenvalue weighted by molar-refractivity contribution is 0.0939. The van der Waals surface area contributed by atoms with Crippen molar-refractivity contribution in [3.05, 3.63) is 29.8 Å². The van der Waals surface area contributed by atoms with Crippen molar-refractivity contribution >= 4 is 5.91 Å². The highest BCUT2D eigenvalue weighted by atomic mass is 16.5. The van der Waals surface area contributed by atoms with Crippen LogP contribution in [0.3, 0.4) is 0 Å². The second kappa shape index (κ2) is 5.39. The summed E-state index contributed by atoms with van der Waals surface area (Å²) in [5.74, 6) is 0.648. The van der Waals surface area contributed by atoms with Crippen molar-refractivity contribution in [1.29, 1.82) is 0 Å². The Balaban J connectivity index is 2.73. The van der Waals surface area contributed by atoms with Gasteiger partial charge in [0.05, 0.1) is 7.11 Å². The Labute approximate surface area is 90.4 Å². The molecule has 1 aromatic rings. The summed E-state index contributed by atoms with van der Waals surface area (Å²) in [7, 11) is 1.59. The standard InChI is InChI=1S/C12H17NO2/c1-4-9(2)13-12(14)10-6-5-7-11(8-10)15-3/h5-9H,4H2,1-3H3,(H,13,14)/t9-/m0/s1. The largest absolute Gasteiger partial charge is 0.497 e. The molecule has 1 N–H and O–H groups in total. The van der Waals surface area contributed by atoms with E-state index in [-0.39, 0.29) is 11.9 Å². The van der Waals surface area contributed by atoms with E-state index in [0.29, 0.717) is 11.3 Å². The van der Waals surface area contributed by atoms with E-state index < -0.39 is 0 Å². The van der Waals surface area contributed by atoms with E-state index in [1.807, 2.05) is 26.0 Å². The van der Waals surface area contributed by atoms with Gasteiger partial charge in [-0.1, -0.05) is 13.0 Å². The molecule has 0 spiro atoms. The molecule has 3 nitrogen and oxygen atoms in total. The van der Waals surface area contributed by atoms with Gasteiger partial charge in [0.1, 0.15) is 5.75 Å². The minimum Gasteiger partial charge on any atom is -0.497 e. The molecule has 1 amide bonds. The molecule has 0 saturated carbocycles. The summed E-state index contributed by atoms with van der Waals surface area (Å²) < 4.78 is 5.06. The van der Waals surface area contributed by atoms with Crippen molar-refractivity contribution in [2.75, 3.05) is 7.11 Å². The van der Waals surface area contributed by atoms with Crippen LogP contribution in [0.4, 0.5) is 0 Å². The molecule has 1 aromatic carbocycles. The van der Waals surface area contributed by atoms with E-state index in [9.17, 15) is 4.79 Å². The number of hydrogen-bond donors (Lipinski definition) is 1. The molecule has 0 unspecified atom stereocenters. The van der Waals surface area contributed by atoms with Crippen LogP contribution in [0.15, 0.2) is 24.3 Å². The molecule has 0 heterocycles. The molecule has 0 aliphatic carbocycles. The zero-order chi connectivity index (χ0) is 11.3. The highest BCUT2D eigenvalue weighted by Gasteiger charge is 2.08. The van der Waals surface area contributed by atoms with Crippen LogP contribution in [-0.2, 0) is 0 Å². The SMILES string of the molecule is CC[C@H](C)NC(=O)c1cccc(OC)c1. The fourth-order valence-electron chi connectivity index (χ4n) is 1.17. The second-order valence-electron chi connectivity index (χ2n) is 3.51. The monoisotopic (exact) mass is 207 g/mol. The third-order valence-corrected chi connectivity index (χ3v) is 2.32. The van der Waals surface area contributed by atoms with E-state index in [4.69, 9.17) is 4.74 Å². The summed E-state index contributed by atoms with van der Waals surface area (Å²) in [6.07, 6.45) is 0.926. The van der Waals surface area contributed by atoms with Gasteiger partial charge in [0, 0.05) is 11.6 Å². The molecule has 0 aromatic heterocycles. The zero-order valence-corrected chi connectivity index (χ0v) is 9.41. The van der Waals surface area contributed by atoms with Gasteiger partial charge in [0.2, 0.25) is 0 Å². The molecule has 1 rings (SSSR count). The number of methoxy groups -OCH3 is 1. The van der Waals surface area contributed by atoms with E-state index in [1.54, 1.807) is 19.2 Å². The molecule has 0 radical (unpaired) electrons. The third-order valence-electron chi connectivity index (χ3n) is 2.32. The molecule has 15 heavy (non-hydrogen) atoms. The summed E-state index contributed by atoms with van der Waals surface area (Å²) >= 11 is 0. The molecule has 1 atom stereocenters. The summed E-state index contributed by atoms with van der Waals surface area (Å²) in [6, 6.07) is 7.34. The van der Waals surface area contributed by atoms with Gasteiger partial charge in [-0.3, -0.25) is 4.79 Å². The van der Waals surface area contributed by atoms with Gasteiger partial charge in [-0.05, 0) is 31.5 Å². The topological polar surface area (TPSA) is 38.3 Å². The molecule has 3 heteroatoms. The summed E-state index contributed by atoms with van der Waals surface area (Å²) in [4.78, 5) is 11.7. The van der Waals surface area contributed by atoms with Crippen molar-refractivity contribution in [3.8, 4) is 5.75 Å². The van der Waals surface area contributed by atoms with Crippen LogP contribution in [-0.4, -0.2) is 19.1 Å². The molecular weight excluding hydrogens is 190 g/mol. The van der Waals surface area contributed by atoms with Crippen molar-refractivity contribution in [3.63, 3.8) is 0 Å². The third kappa shape index (κ3) is 3.27. The Morgan fingerprint density at radius 2 is 2.27 bits per heavy atom. The molecule has 0 fully saturated rings. The first-order valence-corrected chi connectivity index (χ1v) is 5.12. The fourth-order valence-corrected chi connectivity index (χ4v) is 1.17. The smallest absolute Gasteiger partial charge is 0.251 e. The fraction of sp³-hybridized carbons (Fsp3) is 0.417. The van der Waals surface area contributed by atoms with E-state index >= 15 is 0 Å². The predicted octanol–water partition coefficient (Wildman–Crippen LogP) is 2.22. The lowest BCUT2D eigenvalue weighted by Crippen LogP contribution is -2.31. The van der Waals surface area contributed by atoms with Crippen LogP contribution in [0.1, 0.15) is 30.6 Å². The average molecular weight is 207 g/mol. The maximum atomic E-state index is 11.7. The van der Waals surface area contributed by atoms with Crippen LogP contribution >= 0.6 is 0 Å². The van der Waals surface area contributed by atoms with Crippen LogP contribution in [0, 0.1) is 0 Å².